The van der Waals surface area contributed by atoms with Crippen molar-refractivity contribution in [2.45, 2.75) is 101 Å². The molecule has 0 aliphatic heterocycles. The van der Waals surface area contributed by atoms with Crippen molar-refractivity contribution in [2.75, 3.05) is 0 Å². The van der Waals surface area contributed by atoms with Crippen molar-refractivity contribution in [3.05, 3.63) is 0 Å². The quantitative estimate of drug-likeness (QED) is 0.218. The summed E-state index contributed by atoms with van der Waals surface area (Å²) < 4.78 is 0. The zero-order valence-electron chi connectivity index (χ0n) is 13.2. The first-order valence-corrected chi connectivity index (χ1v) is 17.0. The molecule has 0 saturated heterocycles. The van der Waals surface area contributed by atoms with Crippen LogP contribution in [0.5, 0.6) is 0 Å². The van der Waals surface area contributed by atoms with Crippen LogP contribution in [0, 0.1) is 0 Å². The summed E-state index contributed by atoms with van der Waals surface area (Å²) in [6, 6.07) is 0. The van der Waals surface area contributed by atoms with E-state index in [-0.39, 0.29) is 0 Å². The second-order valence-electron chi connectivity index (χ2n) is 5.89. The number of halogens is 2. The topological polar surface area (TPSA) is 0 Å². The zero-order chi connectivity index (χ0) is 14.4. The maximum atomic E-state index is 6.57. The first-order valence-electron chi connectivity index (χ1n) is 8.50. The van der Waals surface area contributed by atoms with Crippen LogP contribution in [-0.4, -0.2) is 11.4 Å². The number of rotatable bonds is 14. The van der Waals surface area contributed by atoms with Crippen LogP contribution >= 0.6 is 20.0 Å². The Bertz CT molecular complexity index is 166. The van der Waals surface area contributed by atoms with Gasteiger partial charge in [0.2, 0.25) is 0 Å². The molecule has 0 aromatic heterocycles. The molecule has 0 nitrogen and oxygen atoms in total. The molecular weight excluding hydrogens is 336 g/mol. The van der Waals surface area contributed by atoms with Gasteiger partial charge in [-0.05, 0) is 0 Å². The van der Waals surface area contributed by atoms with Gasteiger partial charge >= 0.3 is 133 Å². The fourth-order valence-corrected chi connectivity index (χ4v) is 8.97. The molecule has 0 aromatic rings. The SMILES string of the molecule is CCCCCCC[CH2][Ge]([Cl])([Cl])[CH2]CCCCCCC. The van der Waals surface area contributed by atoms with Crippen molar-refractivity contribution in [3.63, 3.8) is 0 Å². The molecule has 0 amide bonds. The summed E-state index contributed by atoms with van der Waals surface area (Å²) >= 11 is -2.40. The normalized spacial score (nSPS) is 12.0. The zero-order valence-corrected chi connectivity index (χ0v) is 16.8. The van der Waals surface area contributed by atoms with Gasteiger partial charge in [-0.15, -0.1) is 0 Å². The van der Waals surface area contributed by atoms with Gasteiger partial charge in [0.1, 0.15) is 0 Å². The van der Waals surface area contributed by atoms with E-state index in [1.165, 1.54) is 77.0 Å². The van der Waals surface area contributed by atoms with E-state index in [0.717, 1.165) is 10.5 Å². The Kier molecular flexibility index (Phi) is 14.9. The van der Waals surface area contributed by atoms with E-state index in [1.807, 2.05) is 0 Å². The molecule has 0 rings (SSSR count). The fourth-order valence-electron chi connectivity index (χ4n) is 2.45. The van der Waals surface area contributed by atoms with Crippen molar-refractivity contribution < 1.29 is 0 Å². The van der Waals surface area contributed by atoms with E-state index < -0.39 is 11.4 Å². The Balaban J connectivity index is 3.36. The second kappa shape index (κ2) is 14.1. The average Bonchev–Trinajstić information content (AvgIpc) is 2.38. The molecular formula is C16H34Cl2Ge. The van der Waals surface area contributed by atoms with Crippen molar-refractivity contribution in [3.8, 4) is 0 Å². The number of unbranched alkanes of at least 4 members (excludes halogenated alkanes) is 10. The Hall–Kier alpha value is 1.12. The van der Waals surface area contributed by atoms with Gasteiger partial charge in [-0.2, -0.15) is 0 Å². The van der Waals surface area contributed by atoms with E-state index in [1.54, 1.807) is 0 Å². The maximum absolute atomic E-state index is 6.57. The minimum atomic E-state index is -2.40. The molecule has 0 saturated carbocycles. The predicted octanol–water partition coefficient (Wildman–Crippen LogP) is 7.63. The van der Waals surface area contributed by atoms with Crippen LogP contribution in [0.2, 0.25) is 10.5 Å². The molecule has 0 heterocycles. The van der Waals surface area contributed by atoms with Crippen LogP contribution in [0.4, 0.5) is 0 Å². The summed E-state index contributed by atoms with van der Waals surface area (Å²) in [5.41, 5.74) is 0. The second-order valence-corrected chi connectivity index (χ2v) is 20.1. The Morgan fingerprint density at radius 1 is 0.526 bits per heavy atom. The number of hydrogen-bond acceptors (Lipinski definition) is 0. The molecule has 0 atom stereocenters. The summed E-state index contributed by atoms with van der Waals surface area (Å²) in [6.45, 7) is 4.52. The van der Waals surface area contributed by atoms with E-state index in [4.69, 9.17) is 20.0 Å². The molecule has 0 aliphatic carbocycles. The number of hydrogen-bond donors (Lipinski definition) is 0. The van der Waals surface area contributed by atoms with Crippen LogP contribution in [-0.2, 0) is 0 Å². The molecule has 3 heteroatoms. The monoisotopic (exact) mass is 370 g/mol. The molecule has 0 fully saturated rings. The average molecular weight is 370 g/mol. The van der Waals surface area contributed by atoms with Gasteiger partial charge in [-0.3, -0.25) is 0 Å². The third-order valence-corrected chi connectivity index (χ3v) is 12.3. The van der Waals surface area contributed by atoms with Crippen LogP contribution in [0.25, 0.3) is 0 Å². The molecule has 0 spiro atoms. The van der Waals surface area contributed by atoms with Gasteiger partial charge in [0.15, 0.2) is 0 Å². The summed E-state index contributed by atoms with van der Waals surface area (Å²) in [7, 11) is 13.1. The van der Waals surface area contributed by atoms with Crippen molar-refractivity contribution in [2.24, 2.45) is 0 Å². The van der Waals surface area contributed by atoms with Gasteiger partial charge in [-0.1, -0.05) is 0 Å². The van der Waals surface area contributed by atoms with Gasteiger partial charge in [-0.25, -0.2) is 0 Å². The van der Waals surface area contributed by atoms with E-state index in [9.17, 15) is 0 Å². The van der Waals surface area contributed by atoms with Gasteiger partial charge < -0.3 is 0 Å². The Morgan fingerprint density at radius 3 is 1.21 bits per heavy atom. The van der Waals surface area contributed by atoms with Crippen LogP contribution in [0.1, 0.15) is 90.9 Å². The molecule has 0 unspecified atom stereocenters. The van der Waals surface area contributed by atoms with Gasteiger partial charge in [0.25, 0.3) is 0 Å². The summed E-state index contributed by atoms with van der Waals surface area (Å²) in [6.07, 6.45) is 16.1. The molecule has 0 aliphatic rings. The first kappa shape index (κ1) is 20.1. The van der Waals surface area contributed by atoms with Crippen molar-refractivity contribution in [1.29, 1.82) is 0 Å². The van der Waals surface area contributed by atoms with Crippen molar-refractivity contribution >= 4 is 31.4 Å². The van der Waals surface area contributed by atoms with E-state index in [0.29, 0.717) is 0 Å². The van der Waals surface area contributed by atoms with Gasteiger partial charge in [0, 0.05) is 0 Å². The van der Waals surface area contributed by atoms with Crippen molar-refractivity contribution in [1.82, 2.24) is 0 Å². The molecule has 0 N–H and O–H groups in total. The third kappa shape index (κ3) is 15.3. The molecule has 116 valence electrons. The third-order valence-electron chi connectivity index (χ3n) is 3.79. The van der Waals surface area contributed by atoms with Crippen LogP contribution in [0.3, 0.4) is 0 Å². The minimum absolute atomic E-state index is 1.16. The molecule has 0 bridgehead atoms. The Morgan fingerprint density at radius 2 is 0.842 bits per heavy atom. The molecule has 0 aromatic carbocycles. The standard InChI is InChI=1S/C16H34Cl2Ge/c1-3-5-7-9-11-13-15-19(17,18)16-14-12-10-8-6-4-2/h3-16H2,1-2H3. The van der Waals surface area contributed by atoms with Crippen LogP contribution in [0.15, 0.2) is 0 Å². The molecule has 0 radical (unpaired) electrons. The van der Waals surface area contributed by atoms with E-state index in [2.05, 4.69) is 13.8 Å². The summed E-state index contributed by atoms with van der Waals surface area (Å²) in [5.74, 6) is 0. The van der Waals surface area contributed by atoms with E-state index >= 15 is 0 Å². The fraction of sp³-hybridized carbons (Fsp3) is 1.00. The Labute approximate surface area is 132 Å². The predicted molar refractivity (Wildman–Crippen MR) is 93.8 cm³/mol. The van der Waals surface area contributed by atoms with Crippen LogP contribution < -0.4 is 0 Å². The van der Waals surface area contributed by atoms with Gasteiger partial charge in [0.05, 0.1) is 0 Å². The first-order chi connectivity index (χ1) is 9.12. The summed E-state index contributed by atoms with van der Waals surface area (Å²) in [5, 5.41) is 2.31. The molecule has 19 heavy (non-hydrogen) atoms. The summed E-state index contributed by atoms with van der Waals surface area (Å²) in [4.78, 5) is 0.